The van der Waals surface area contributed by atoms with Gasteiger partial charge in [-0.15, -0.1) is 0 Å². The van der Waals surface area contributed by atoms with E-state index in [9.17, 15) is 4.79 Å². The first kappa shape index (κ1) is 28.2. The molecule has 5 rings (SSSR count). The third kappa shape index (κ3) is 7.05. The van der Waals surface area contributed by atoms with Crippen LogP contribution < -0.4 is 4.74 Å². The van der Waals surface area contributed by atoms with Crippen molar-refractivity contribution >= 4 is 17.7 Å². The van der Waals surface area contributed by atoms with Gasteiger partial charge in [0.2, 0.25) is 0 Å². The summed E-state index contributed by atoms with van der Waals surface area (Å²) in [5.41, 5.74) is 3.61. The number of thioether (sulfide) groups is 1. The van der Waals surface area contributed by atoms with Crippen LogP contribution in [0.1, 0.15) is 72.3 Å². The molecule has 9 heteroatoms. The van der Waals surface area contributed by atoms with Crippen molar-refractivity contribution in [2.45, 2.75) is 75.2 Å². The summed E-state index contributed by atoms with van der Waals surface area (Å²) in [5, 5.41) is 1.22. The summed E-state index contributed by atoms with van der Waals surface area (Å²) >= 11 is 1.71. The van der Waals surface area contributed by atoms with E-state index in [4.69, 9.17) is 23.9 Å². The number of carbonyl (C=O) groups is 1. The largest absolute Gasteiger partial charge is 0.487 e. The van der Waals surface area contributed by atoms with Crippen molar-refractivity contribution in [2.75, 3.05) is 20.3 Å². The number of pyridine rings is 1. The minimum absolute atomic E-state index is 0.136. The summed E-state index contributed by atoms with van der Waals surface area (Å²) < 4.78 is 24.6. The second-order valence-electron chi connectivity index (χ2n) is 9.93. The second-order valence-corrected chi connectivity index (χ2v) is 11.2. The molecule has 1 aliphatic carbocycles. The number of hydrogen-bond acceptors (Lipinski definition) is 8. The Bertz CT molecular complexity index is 1350. The highest BCUT2D eigenvalue weighted by atomic mass is 32.2. The average Bonchev–Trinajstić information content (AvgIpc) is 3.63. The number of aromatic nitrogens is 3. The van der Waals surface area contributed by atoms with Gasteiger partial charge >= 0.3 is 5.97 Å². The maximum Gasteiger partial charge on any atom is 0.358 e. The van der Waals surface area contributed by atoms with Gasteiger partial charge in [0.25, 0.3) is 0 Å². The number of aryl methyl sites for hydroxylation is 1. The van der Waals surface area contributed by atoms with Gasteiger partial charge in [0.15, 0.2) is 17.1 Å². The zero-order valence-electron chi connectivity index (χ0n) is 23.1. The number of methoxy groups -OCH3 is 1. The molecule has 8 nitrogen and oxygen atoms in total. The number of hydrogen-bond donors (Lipinski definition) is 0. The molecular formula is C31H35N3O5S. The minimum atomic E-state index is -0.489. The van der Waals surface area contributed by atoms with Crippen molar-refractivity contribution in [1.82, 2.24) is 14.5 Å². The van der Waals surface area contributed by atoms with E-state index in [-0.39, 0.29) is 18.6 Å². The van der Waals surface area contributed by atoms with E-state index in [1.165, 1.54) is 20.0 Å². The predicted molar refractivity (Wildman–Crippen MR) is 153 cm³/mol. The fraction of sp³-hybridized carbons (Fsp3) is 0.452. The van der Waals surface area contributed by atoms with Gasteiger partial charge < -0.3 is 18.9 Å². The number of nitrogens with zero attached hydrogens (tertiary/aromatic N) is 3. The quantitative estimate of drug-likeness (QED) is 0.237. The van der Waals surface area contributed by atoms with Crippen LogP contribution in [0.25, 0.3) is 5.69 Å². The molecule has 1 unspecified atom stereocenters. The maximum absolute atomic E-state index is 12.8. The average molecular weight is 562 g/mol. The Morgan fingerprint density at radius 1 is 1.18 bits per heavy atom. The summed E-state index contributed by atoms with van der Waals surface area (Å²) in [5.74, 6) is 6.46. The molecular weight excluding hydrogens is 526 g/mol. The predicted octanol–water partition coefficient (Wildman–Crippen LogP) is 5.87. The van der Waals surface area contributed by atoms with Crippen LogP contribution in [0, 0.1) is 18.8 Å². The molecule has 2 aromatic heterocycles. The lowest BCUT2D eigenvalue weighted by atomic mass is 10.1. The Morgan fingerprint density at radius 3 is 2.75 bits per heavy atom. The Morgan fingerprint density at radius 2 is 2.02 bits per heavy atom. The third-order valence-corrected chi connectivity index (χ3v) is 8.36. The van der Waals surface area contributed by atoms with Crippen LogP contribution in [0.4, 0.5) is 0 Å². The van der Waals surface area contributed by atoms with Crippen molar-refractivity contribution in [2.24, 2.45) is 0 Å². The topological polar surface area (TPSA) is 84.7 Å². The first-order chi connectivity index (χ1) is 19.6. The number of carbonyl (C=O) groups excluding carboxylic acids is 1. The number of imidazole rings is 1. The first-order valence-electron chi connectivity index (χ1n) is 13.8. The monoisotopic (exact) mass is 561 g/mol. The molecule has 0 bridgehead atoms. The lowest BCUT2D eigenvalue weighted by Gasteiger charge is -2.21. The molecule has 0 spiro atoms. The lowest BCUT2D eigenvalue weighted by molar-refractivity contribution is -0.154. The van der Waals surface area contributed by atoms with Gasteiger partial charge in [-0.25, -0.2) is 9.78 Å². The highest BCUT2D eigenvalue weighted by Crippen LogP contribution is 2.37. The Balaban J connectivity index is 1.34. The van der Waals surface area contributed by atoms with E-state index in [1.54, 1.807) is 24.2 Å². The highest BCUT2D eigenvalue weighted by molar-refractivity contribution is 7.99. The van der Waals surface area contributed by atoms with E-state index in [2.05, 4.69) is 16.8 Å². The minimum Gasteiger partial charge on any atom is -0.487 e. The SMILES string of the molecule is COC(=O)c1nc(SC2CCCC2)n(-c2cccnc2)c1COc1ccc(C#CCOC2CCCCO2)c(C)c1. The summed E-state index contributed by atoms with van der Waals surface area (Å²) in [7, 11) is 1.37. The van der Waals surface area contributed by atoms with Crippen molar-refractivity contribution in [3.8, 4) is 23.3 Å². The van der Waals surface area contributed by atoms with E-state index >= 15 is 0 Å². The molecule has 2 fully saturated rings. The molecule has 1 aromatic carbocycles. The van der Waals surface area contributed by atoms with Gasteiger partial charge in [0, 0.05) is 23.6 Å². The van der Waals surface area contributed by atoms with Crippen LogP contribution in [0.5, 0.6) is 5.75 Å². The fourth-order valence-electron chi connectivity index (χ4n) is 4.94. The standard InChI is InChI=1S/C31H35N3O5S/c1-22-19-25(15-14-23(22)9-8-18-38-28-13-5-6-17-37-28)39-21-27-29(30(35)36-2)33-31(40-26-11-3-4-12-26)34(27)24-10-7-16-32-20-24/h7,10,14-16,19-20,26,28H,3-6,11-13,17-18,21H2,1-2H3. The van der Waals surface area contributed by atoms with E-state index in [1.807, 2.05) is 41.8 Å². The van der Waals surface area contributed by atoms with Crippen LogP contribution >= 0.6 is 11.8 Å². The molecule has 0 amide bonds. The van der Waals surface area contributed by atoms with Gasteiger partial charge in [-0.2, -0.15) is 0 Å². The molecule has 210 valence electrons. The van der Waals surface area contributed by atoms with Crippen molar-refractivity contribution in [1.29, 1.82) is 0 Å². The molecule has 0 N–H and O–H groups in total. The van der Waals surface area contributed by atoms with Gasteiger partial charge in [-0.3, -0.25) is 9.55 Å². The van der Waals surface area contributed by atoms with Crippen LogP contribution in [0.3, 0.4) is 0 Å². The normalized spacial score (nSPS) is 17.3. The molecule has 1 atom stereocenters. The summed E-state index contributed by atoms with van der Waals surface area (Å²) in [4.78, 5) is 21.8. The zero-order chi connectivity index (χ0) is 27.7. The molecule has 0 radical (unpaired) electrons. The van der Waals surface area contributed by atoms with Crippen LogP contribution in [-0.4, -0.2) is 52.4 Å². The van der Waals surface area contributed by atoms with E-state index < -0.39 is 5.97 Å². The smallest absolute Gasteiger partial charge is 0.358 e. The maximum atomic E-state index is 12.8. The number of esters is 1. The number of rotatable bonds is 9. The summed E-state index contributed by atoms with van der Waals surface area (Å²) in [6, 6.07) is 9.61. The molecule has 2 aliphatic rings. The van der Waals surface area contributed by atoms with Crippen molar-refractivity contribution in [3.63, 3.8) is 0 Å². The van der Waals surface area contributed by atoms with E-state index in [0.29, 0.717) is 23.3 Å². The van der Waals surface area contributed by atoms with Crippen molar-refractivity contribution in [3.05, 3.63) is 65.2 Å². The molecule has 1 aliphatic heterocycles. The zero-order valence-corrected chi connectivity index (χ0v) is 23.9. The van der Waals surface area contributed by atoms with Gasteiger partial charge in [0.1, 0.15) is 19.0 Å². The second kappa shape index (κ2) is 13.8. The fourth-order valence-corrected chi connectivity index (χ4v) is 6.27. The van der Waals surface area contributed by atoms with Gasteiger partial charge in [-0.1, -0.05) is 36.4 Å². The number of ether oxygens (including phenoxy) is 4. The molecule has 40 heavy (non-hydrogen) atoms. The highest BCUT2D eigenvalue weighted by Gasteiger charge is 2.28. The molecule has 1 saturated carbocycles. The first-order valence-corrected chi connectivity index (χ1v) is 14.7. The molecule has 3 aromatic rings. The Hall–Kier alpha value is -3.32. The van der Waals surface area contributed by atoms with Crippen molar-refractivity contribution < 1.29 is 23.7 Å². The van der Waals surface area contributed by atoms with Crippen LogP contribution in [0.2, 0.25) is 0 Å². The third-order valence-electron chi connectivity index (χ3n) is 7.07. The van der Waals surface area contributed by atoms with Crippen LogP contribution in [0.15, 0.2) is 47.9 Å². The van der Waals surface area contributed by atoms with Gasteiger partial charge in [0.05, 0.1) is 24.7 Å². The Kier molecular flexibility index (Phi) is 9.76. The molecule has 1 saturated heterocycles. The van der Waals surface area contributed by atoms with E-state index in [0.717, 1.165) is 60.7 Å². The van der Waals surface area contributed by atoms with Gasteiger partial charge in [-0.05, 0) is 74.9 Å². The summed E-state index contributed by atoms with van der Waals surface area (Å²) in [6.45, 7) is 3.22. The summed E-state index contributed by atoms with van der Waals surface area (Å²) in [6.07, 6.45) is 11.2. The molecule has 3 heterocycles. The number of benzene rings is 1. The van der Waals surface area contributed by atoms with Crippen LogP contribution in [-0.2, 0) is 20.8 Å². The lowest BCUT2D eigenvalue weighted by Crippen LogP contribution is -2.22. The Labute approximate surface area is 239 Å².